The number of hydrogen-bond acceptors (Lipinski definition) is 2. The number of nitrogens with two attached hydrogens (primary N) is 1. The fourth-order valence-electron chi connectivity index (χ4n) is 3.11. The average molecular weight is 254 g/mol. The second kappa shape index (κ2) is 6.05. The molecule has 0 radical (unpaired) electrons. The molecule has 1 saturated heterocycles. The molecule has 1 heterocycles. The van der Waals surface area contributed by atoms with Crippen LogP contribution in [0.2, 0.25) is 0 Å². The highest BCUT2D eigenvalue weighted by Crippen LogP contribution is 2.28. The third-order valence-electron chi connectivity index (χ3n) is 3.86. The van der Waals surface area contributed by atoms with Crippen LogP contribution < -0.4 is 5.73 Å². The van der Waals surface area contributed by atoms with E-state index < -0.39 is 0 Å². The van der Waals surface area contributed by atoms with Crippen molar-refractivity contribution in [1.82, 2.24) is 4.90 Å². The van der Waals surface area contributed by atoms with E-state index in [4.69, 9.17) is 5.73 Å². The van der Waals surface area contributed by atoms with Gasteiger partial charge in [-0.05, 0) is 38.0 Å². The molecular weight excluding hydrogens is 224 g/mol. The fraction of sp³-hybridized carbons (Fsp3) is 0.933. The number of hydrogen-bond donors (Lipinski definition) is 1. The van der Waals surface area contributed by atoms with Crippen LogP contribution in [0.1, 0.15) is 66.7 Å². The lowest BCUT2D eigenvalue weighted by molar-refractivity contribution is -0.134. The van der Waals surface area contributed by atoms with E-state index in [2.05, 4.69) is 39.5 Å². The highest BCUT2D eigenvalue weighted by molar-refractivity contribution is 5.77. The molecule has 2 N–H and O–H groups in total. The highest BCUT2D eigenvalue weighted by atomic mass is 16.2. The Kier molecular flexibility index (Phi) is 5.20. The van der Waals surface area contributed by atoms with Gasteiger partial charge in [-0.15, -0.1) is 0 Å². The maximum Gasteiger partial charge on any atom is 0.224 e. The minimum absolute atomic E-state index is 0.0113. The minimum Gasteiger partial charge on any atom is -0.337 e. The van der Waals surface area contributed by atoms with Gasteiger partial charge >= 0.3 is 0 Å². The molecule has 1 amide bonds. The van der Waals surface area contributed by atoms with Crippen LogP contribution in [0.3, 0.4) is 0 Å². The normalized spacial score (nSPS) is 26.4. The molecule has 0 aromatic carbocycles. The van der Waals surface area contributed by atoms with Gasteiger partial charge in [0, 0.05) is 24.5 Å². The predicted octanol–water partition coefficient (Wildman–Crippen LogP) is 2.93. The Morgan fingerprint density at radius 2 is 2.00 bits per heavy atom. The molecule has 3 unspecified atom stereocenters. The molecule has 3 heteroatoms. The zero-order valence-electron chi connectivity index (χ0n) is 12.7. The predicted molar refractivity (Wildman–Crippen MR) is 76.3 cm³/mol. The van der Waals surface area contributed by atoms with E-state index in [1.54, 1.807) is 0 Å². The average Bonchev–Trinajstić information content (AvgIpc) is 2.56. The van der Waals surface area contributed by atoms with Crippen LogP contribution in [0.15, 0.2) is 0 Å². The molecule has 0 bridgehead atoms. The molecule has 106 valence electrons. The van der Waals surface area contributed by atoms with E-state index in [1.807, 2.05) is 0 Å². The van der Waals surface area contributed by atoms with Crippen LogP contribution in [-0.2, 0) is 4.79 Å². The largest absolute Gasteiger partial charge is 0.337 e. The molecule has 3 nitrogen and oxygen atoms in total. The molecular formula is C15H30N2O. The summed E-state index contributed by atoms with van der Waals surface area (Å²) in [6.45, 7) is 10.8. The molecule has 3 atom stereocenters. The van der Waals surface area contributed by atoms with Crippen molar-refractivity contribution in [3.63, 3.8) is 0 Å². The quantitative estimate of drug-likeness (QED) is 0.838. The Balaban J connectivity index is 2.54. The standard InChI is InChI=1S/C15H30N2O/c1-6-13-8-7-11(2)17(13)14(18)9-12(16)10-15(3,4)5/h11-13H,6-10,16H2,1-5H3. The third kappa shape index (κ3) is 4.27. The maximum atomic E-state index is 12.4. The van der Waals surface area contributed by atoms with Crippen molar-refractivity contribution in [3.8, 4) is 0 Å². The zero-order chi connectivity index (χ0) is 13.9. The Bertz CT molecular complexity index is 283. The summed E-state index contributed by atoms with van der Waals surface area (Å²) >= 11 is 0. The SMILES string of the molecule is CCC1CCC(C)N1C(=O)CC(N)CC(C)(C)C. The maximum absolute atomic E-state index is 12.4. The number of carbonyl (C=O) groups excluding carboxylic acids is 1. The molecule has 1 aliphatic rings. The van der Waals surface area contributed by atoms with Crippen molar-refractivity contribution in [2.45, 2.75) is 84.8 Å². The van der Waals surface area contributed by atoms with Gasteiger partial charge < -0.3 is 10.6 Å². The lowest BCUT2D eigenvalue weighted by atomic mass is 9.87. The molecule has 1 fully saturated rings. The van der Waals surface area contributed by atoms with Crippen LogP contribution in [0.4, 0.5) is 0 Å². The first kappa shape index (κ1) is 15.5. The van der Waals surface area contributed by atoms with Crippen molar-refractivity contribution in [2.24, 2.45) is 11.1 Å². The van der Waals surface area contributed by atoms with E-state index in [0.717, 1.165) is 25.7 Å². The van der Waals surface area contributed by atoms with Gasteiger partial charge in [-0.3, -0.25) is 4.79 Å². The van der Waals surface area contributed by atoms with Gasteiger partial charge in [-0.25, -0.2) is 0 Å². The van der Waals surface area contributed by atoms with Gasteiger partial charge in [0.05, 0.1) is 0 Å². The Hall–Kier alpha value is -0.570. The number of rotatable bonds is 4. The minimum atomic E-state index is -0.0113. The van der Waals surface area contributed by atoms with Crippen LogP contribution >= 0.6 is 0 Å². The van der Waals surface area contributed by atoms with Gasteiger partial charge in [-0.1, -0.05) is 27.7 Å². The van der Waals surface area contributed by atoms with E-state index in [9.17, 15) is 4.79 Å². The van der Waals surface area contributed by atoms with Crippen LogP contribution in [0.25, 0.3) is 0 Å². The van der Waals surface area contributed by atoms with Crippen molar-refractivity contribution in [3.05, 3.63) is 0 Å². The Morgan fingerprint density at radius 1 is 1.39 bits per heavy atom. The molecule has 1 rings (SSSR count). The molecule has 0 saturated carbocycles. The number of carbonyl (C=O) groups is 1. The van der Waals surface area contributed by atoms with Crippen molar-refractivity contribution < 1.29 is 4.79 Å². The third-order valence-corrected chi connectivity index (χ3v) is 3.86. The van der Waals surface area contributed by atoms with Crippen molar-refractivity contribution in [1.29, 1.82) is 0 Å². The summed E-state index contributed by atoms with van der Waals surface area (Å²) in [5.74, 6) is 0.253. The summed E-state index contributed by atoms with van der Waals surface area (Å²) < 4.78 is 0. The van der Waals surface area contributed by atoms with Crippen molar-refractivity contribution in [2.75, 3.05) is 0 Å². The van der Waals surface area contributed by atoms with Gasteiger partial charge in [0.2, 0.25) is 5.91 Å². The summed E-state index contributed by atoms with van der Waals surface area (Å²) in [5.41, 5.74) is 6.31. The van der Waals surface area contributed by atoms with Crippen LogP contribution in [0.5, 0.6) is 0 Å². The van der Waals surface area contributed by atoms with Crippen molar-refractivity contribution >= 4 is 5.91 Å². The van der Waals surface area contributed by atoms with Gasteiger partial charge in [-0.2, -0.15) is 0 Å². The second-order valence-corrected chi connectivity index (χ2v) is 7.02. The number of nitrogens with zero attached hydrogens (tertiary/aromatic N) is 1. The van der Waals surface area contributed by atoms with Gasteiger partial charge in [0.1, 0.15) is 0 Å². The monoisotopic (exact) mass is 254 g/mol. The first-order valence-electron chi connectivity index (χ1n) is 7.31. The van der Waals surface area contributed by atoms with Gasteiger partial charge in [0.25, 0.3) is 0 Å². The van der Waals surface area contributed by atoms with E-state index >= 15 is 0 Å². The zero-order valence-corrected chi connectivity index (χ0v) is 12.7. The first-order valence-corrected chi connectivity index (χ1v) is 7.31. The summed E-state index contributed by atoms with van der Waals surface area (Å²) in [4.78, 5) is 14.5. The van der Waals surface area contributed by atoms with E-state index in [-0.39, 0.29) is 17.4 Å². The smallest absolute Gasteiger partial charge is 0.224 e. The topological polar surface area (TPSA) is 46.3 Å². The fourth-order valence-corrected chi connectivity index (χ4v) is 3.11. The van der Waals surface area contributed by atoms with Crippen LogP contribution in [-0.4, -0.2) is 28.9 Å². The molecule has 0 aromatic rings. The van der Waals surface area contributed by atoms with E-state index in [1.165, 1.54) is 0 Å². The summed E-state index contributed by atoms with van der Waals surface area (Å²) in [7, 11) is 0. The highest BCUT2D eigenvalue weighted by Gasteiger charge is 2.33. The number of likely N-dealkylation sites (tertiary alicyclic amines) is 1. The lowest BCUT2D eigenvalue weighted by Crippen LogP contribution is -2.42. The van der Waals surface area contributed by atoms with Crippen LogP contribution in [0, 0.1) is 5.41 Å². The first-order chi connectivity index (χ1) is 8.24. The Morgan fingerprint density at radius 3 is 2.50 bits per heavy atom. The second-order valence-electron chi connectivity index (χ2n) is 7.02. The lowest BCUT2D eigenvalue weighted by Gasteiger charge is -2.30. The molecule has 0 spiro atoms. The molecule has 0 aromatic heterocycles. The van der Waals surface area contributed by atoms with E-state index in [0.29, 0.717) is 18.5 Å². The summed E-state index contributed by atoms with van der Waals surface area (Å²) in [6, 6.07) is 0.821. The molecule has 18 heavy (non-hydrogen) atoms. The summed E-state index contributed by atoms with van der Waals surface area (Å²) in [5, 5.41) is 0. The Labute approximate surface area is 112 Å². The molecule has 0 aliphatic carbocycles. The number of amides is 1. The van der Waals surface area contributed by atoms with Gasteiger partial charge in [0.15, 0.2) is 0 Å². The summed E-state index contributed by atoms with van der Waals surface area (Å²) in [6.07, 6.45) is 4.75. The molecule has 1 aliphatic heterocycles.